The Morgan fingerprint density at radius 3 is 2.61 bits per heavy atom. The molecule has 1 N–H and O–H groups in total. The van der Waals surface area contributed by atoms with Crippen molar-refractivity contribution in [2.24, 2.45) is 0 Å². The van der Waals surface area contributed by atoms with E-state index in [1.165, 1.54) is 30.0 Å². The van der Waals surface area contributed by atoms with Crippen molar-refractivity contribution in [1.29, 1.82) is 0 Å². The average Bonchev–Trinajstić information content (AvgIpc) is 2.66. The Labute approximate surface area is 170 Å². The standard InChI is InChI=1S/C21H35N3O3S/c1-4-20-8-5-6-14-23(20)15-7-13-22-21(25)17-24(28(3,26)27)16-19-11-9-18(2)10-12-19/h9-12,20H,4-8,13-17H2,1-3H3,(H,22,25). The lowest BCUT2D eigenvalue weighted by atomic mass is 10.00. The van der Waals surface area contributed by atoms with Crippen LogP contribution < -0.4 is 5.32 Å². The number of carbonyl (C=O) groups is 1. The van der Waals surface area contributed by atoms with Gasteiger partial charge < -0.3 is 10.2 Å². The molecule has 1 aliphatic rings. The zero-order valence-electron chi connectivity index (χ0n) is 17.5. The van der Waals surface area contributed by atoms with Crippen LogP contribution in [0.15, 0.2) is 24.3 Å². The minimum atomic E-state index is -3.46. The number of hydrogen-bond donors (Lipinski definition) is 1. The Morgan fingerprint density at radius 1 is 1.25 bits per heavy atom. The van der Waals surface area contributed by atoms with Gasteiger partial charge in [-0.3, -0.25) is 4.79 Å². The van der Waals surface area contributed by atoms with Gasteiger partial charge in [-0.15, -0.1) is 0 Å². The van der Waals surface area contributed by atoms with Crippen LogP contribution in [0.4, 0.5) is 0 Å². The molecule has 28 heavy (non-hydrogen) atoms. The Kier molecular flexibility index (Phi) is 8.92. The van der Waals surface area contributed by atoms with Crippen LogP contribution in [-0.4, -0.2) is 62.0 Å². The molecule has 0 aliphatic carbocycles. The number of nitrogens with one attached hydrogen (secondary N) is 1. The molecule has 2 rings (SSSR count). The number of rotatable bonds is 10. The second-order valence-corrected chi connectivity index (χ2v) is 9.80. The molecule has 0 bridgehead atoms. The molecule has 7 heteroatoms. The minimum absolute atomic E-state index is 0.145. The van der Waals surface area contributed by atoms with Crippen molar-refractivity contribution >= 4 is 15.9 Å². The summed E-state index contributed by atoms with van der Waals surface area (Å²) in [7, 11) is -3.46. The molecule has 1 aromatic rings. The zero-order valence-corrected chi connectivity index (χ0v) is 18.3. The van der Waals surface area contributed by atoms with Crippen molar-refractivity contribution in [2.75, 3.05) is 32.4 Å². The second-order valence-electron chi connectivity index (χ2n) is 7.81. The van der Waals surface area contributed by atoms with E-state index < -0.39 is 10.0 Å². The molecule has 1 fully saturated rings. The van der Waals surface area contributed by atoms with Crippen LogP contribution in [0.25, 0.3) is 0 Å². The summed E-state index contributed by atoms with van der Waals surface area (Å²) in [5, 5.41) is 2.88. The van der Waals surface area contributed by atoms with E-state index in [1.807, 2.05) is 31.2 Å². The van der Waals surface area contributed by atoms with Gasteiger partial charge in [0, 0.05) is 25.7 Å². The van der Waals surface area contributed by atoms with Crippen LogP contribution in [0.2, 0.25) is 0 Å². The first-order valence-corrected chi connectivity index (χ1v) is 12.2. The molecule has 0 saturated carbocycles. The lowest BCUT2D eigenvalue weighted by Crippen LogP contribution is -2.42. The fraction of sp³-hybridized carbons (Fsp3) is 0.667. The molecule has 1 amide bonds. The first kappa shape index (κ1) is 22.8. The lowest BCUT2D eigenvalue weighted by Gasteiger charge is -2.35. The molecule has 1 aliphatic heterocycles. The van der Waals surface area contributed by atoms with Gasteiger partial charge in [-0.25, -0.2) is 8.42 Å². The van der Waals surface area contributed by atoms with Crippen LogP contribution in [0.3, 0.4) is 0 Å². The van der Waals surface area contributed by atoms with Gasteiger partial charge in [0.2, 0.25) is 15.9 Å². The predicted molar refractivity (Wildman–Crippen MR) is 114 cm³/mol. The van der Waals surface area contributed by atoms with Gasteiger partial charge in [-0.2, -0.15) is 4.31 Å². The number of hydrogen-bond acceptors (Lipinski definition) is 4. The van der Waals surface area contributed by atoms with Crippen molar-refractivity contribution in [3.63, 3.8) is 0 Å². The maximum absolute atomic E-state index is 12.3. The highest BCUT2D eigenvalue weighted by atomic mass is 32.2. The van der Waals surface area contributed by atoms with Crippen molar-refractivity contribution in [1.82, 2.24) is 14.5 Å². The van der Waals surface area contributed by atoms with Gasteiger partial charge in [-0.1, -0.05) is 43.2 Å². The Hall–Kier alpha value is -1.44. The van der Waals surface area contributed by atoms with E-state index in [0.29, 0.717) is 12.6 Å². The molecule has 158 valence electrons. The summed E-state index contributed by atoms with van der Waals surface area (Å²) < 4.78 is 25.4. The van der Waals surface area contributed by atoms with E-state index >= 15 is 0 Å². The average molecular weight is 410 g/mol. The van der Waals surface area contributed by atoms with E-state index in [1.54, 1.807) is 0 Å². The fourth-order valence-electron chi connectivity index (χ4n) is 3.73. The molecule has 1 unspecified atom stereocenters. The van der Waals surface area contributed by atoms with Crippen LogP contribution >= 0.6 is 0 Å². The molecule has 1 saturated heterocycles. The van der Waals surface area contributed by atoms with Crippen molar-refractivity contribution < 1.29 is 13.2 Å². The molecule has 1 heterocycles. The topological polar surface area (TPSA) is 69.7 Å². The summed E-state index contributed by atoms with van der Waals surface area (Å²) in [5.41, 5.74) is 1.99. The first-order valence-electron chi connectivity index (χ1n) is 10.3. The fourth-order valence-corrected chi connectivity index (χ4v) is 4.47. The molecular formula is C21H35N3O3S. The van der Waals surface area contributed by atoms with Gasteiger partial charge >= 0.3 is 0 Å². The van der Waals surface area contributed by atoms with Crippen LogP contribution in [-0.2, 0) is 21.4 Å². The molecule has 6 nitrogen and oxygen atoms in total. The third kappa shape index (κ3) is 7.53. The van der Waals surface area contributed by atoms with E-state index in [2.05, 4.69) is 17.1 Å². The SMILES string of the molecule is CCC1CCCCN1CCCNC(=O)CN(Cc1ccc(C)cc1)S(C)(=O)=O. The smallest absolute Gasteiger partial charge is 0.235 e. The quantitative estimate of drug-likeness (QED) is 0.603. The van der Waals surface area contributed by atoms with Crippen LogP contribution in [0, 0.1) is 6.92 Å². The van der Waals surface area contributed by atoms with E-state index in [0.717, 1.165) is 36.9 Å². The maximum Gasteiger partial charge on any atom is 0.235 e. The van der Waals surface area contributed by atoms with Crippen molar-refractivity contribution in [3.05, 3.63) is 35.4 Å². The number of aryl methyl sites for hydroxylation is 1. The third-order valence-corrected chi connectivity index (χ3v) is 6.63. The number of benzene rings is 1. The number of likely N-dealkylation sites (tertiary alicyclic amines) is 1. The molecule has 0 aromatic heterocycles. The van der Waals surface area contributed by atoms with Crippen LogP contribution in [0.1, 0.15) is 50.2 Å². The summed E-state index contributed by atoms with van der Waals surface area (Å²) in [4.78, 5) is 14.8. The lowest BCUT2D eigenvalue weighted by molar-refractivity contribution is -0.121. The van der Waals surface area contributed by atoms with Gasteiger partial charge in [0.1, 0.15) is 0 Å². The summed E-state index contributed by atoms with van der Waals surface area (Å²) >= 11 is 0. The molecular weight excluding hydrogens is 374 g/mol. The minimum Gasteiger partial charge on any atom is -0.355 e. The number of amides is 1. The zero-order chi connectivity index (χ0) is 20.6. The van der Waals surface area contributed by atoms with Gasteiger partial charge in [0.05, 0.1) is 12.8 Å². The Bertz CT molecular complexity index is 719. The van der Waals surface area contributed by atoms with Crippen molar-refractivity contribution in [2.45, 2.75) is 58.5 Å². The van der Waals surface area contributed by atoms with Gasteiger partial charge in [-0.05, 0) is 44.7 Å². The Balaban J connectivity index is 1.79. The van der Waals surface area contributed by atoms with E-state index in [4.69, 9.17) is 0 Å². The predicted octanol–water partition coefficient (Wildman–Crippen LogP) is 2.53. The summed E-state index contributed by atoms with van der Waals surface area (Å²) in [6, 6.07) is 8.35. The van der Waals surface area contributed by atoms with Crippen LogP contribution in [0.5, 0.6) is 0 Å². The molecule has 0 radical (unpaired) electrons. The highest BCUT2D eigenvalue weighted by molar-refractivity contribution is 7.88. The summed E-state index contributed by atoms with van der Waals surface area (Å²) in [6.07, 6.45) is 7.05. The molecule has 1 atom stereocenters. The highest BCUT2D eigenvalue weighted by Crippen LogP contribution is 2.19. The Morgan fingerprint density at radius 2 is 1.96 bits per heavy atom. The number of piperidine rings is 1. The second kappa shape index (κ2) is 10.9. The van der Waals surface area contributed by atoms with Crippen molar-refractivity contribution in [3.8, 4) is 0 Å². The van der Waals surface area contributed by atoms with E-state index in [-0.39, 0.29) is 19.0 Å². The maximum atomic E-state index is 12.3. The number of nitrogens with zero attached hydrogens (tertiary/aromatic N) is 2. The summed E-state index contributed by atoms with van der Waals surface area (Å²) in [6.45, 7) is 6.99. The first-order chi connectivity index (χ1) is 13.3. The van der Waals surface area contributed by atoms with Gasteiger partial charge in [0.25, 0.3) is 0 Å². The third-order valence-electron chi connectivity index (χ3n) is 5.43. The van der Waals surface area contributed by atoms with E-state index in [9.17, 15) is 13.2 Å². The normalized spacial score (nSPS) is 18.4. The monoisotopic (exact) mass is 409 g/mol. The molecule has 0 spiro atoms. The van der Waals surface area contributed by atoms with Gasteiger partial charge in [0.15, 0.2) is 0 Å². The number of sulfonamides is 1. The summed E-state index contributed by atoms with van der Waals surface area (Å²) in [5.74, 6) is -0.247. The molecule has 1 aromatic carbocycles. The largest absolute Gasteiger partial charge is 0.355 e. The number of carbonyl (C=O) groups excluding carboxylic acids is 1. The highest BCUT2D eigenvalue weighted by Gasteiger charge is 2.21.